The Morgan fingerprint density at radius 2 is 1.83 bits per heavy atom. The van der Waals surface area contributed by atoms with E-state index in [1.807, 2.05) is 18.2 Å². The molecule has 23 heavy (non-hydrogen) atoms. The standard InChI is InChI=1S/C19H23NO3/c1-3-14(15-8-5-4-6-9-15)13-20-19(22)18(21)16-10-7-11-17(12-16)23-2/h4-12,14,18,21H,3,13H2,1-2H3,(H,20,22). The molecule has 0 heterocycles. The molecule has 0 aliphatic rings. The summed E-state index contributed by atoms with van der Waals surface area (Å²) < 4.78 is 5.12. The Hall–Kier alpha value is -2.33. The molecule has 2 rings (SSSR count). The highest BCUT2D eigenvalue weighted by Crippen LogP contribution is 2.21. The molecule has 0 radical (unpaired) electrons. The smallest absolute Gasteiger partial charge is 0.253 e. The zero-order chi connectivity index (χ0) is 16.7. The number of carbonyl (C=O) groups is 1. The number of methoxy groups -OCH3 is 1. The van der Waals surface area contributed by atoms with Gasteiger partial charge in [0.1, 0.15) is 5.75 Å². The average Bonchev–Trinajstić information content (AvgIpc) is 2.62. The molecular weight excluding hydrogens is 290 g/mol. The lowest BCUT2D eigenvalue weighted by Gasteiger charge is -2.18. The number of aliphatic hydroxyl groups is 1. The lowest BCUT2D eigenvalue weighted by atomic mass is 9.96. The second-order valence-electron chi connectivity index (χ2n) is 5.44. The molecule has 2 atom stereocenters. The van der Waals surface area contributed by atoms with Crippen molar-refractivity contribution in [3.05, 3.63) is 65.7 Å². The fourth-order valence-corrected chi connectivity index (χ4v) is 2.51. The summed E-state index contributed by atoms with van der Waals surface area (Å²) in [6, 6.07) is 17.0. The molecular formula is C19H23NO3. The van der Waals surface area contributed by atoms with Crippen LogP contribution in [0.3, 0.4) is 0 Å². The third kappa shape index (κ3) is 4.57. The van der Waals surface area contributed by atoms with Gasteiger partial charge < -0.3 is 15.2 Å². The van der Waals surface area contributed by atoms with Gasteiger partial charge in [-0.1, -0.05) is 49.4 Å². The van der Waals surface area contributed by atoms with Gasteiger partial charge in [-0.3, -0.25) is 4.79 Å². The van der Waals surface area contributed by atoms with Gasteiger partial charge in [-0.05, 0) is 29.7 Å². The second-order valence-corrected chi connectivity index (χ2v) is 5.44. The fraction of sp³-hybridized carbons (Fsp3) is 0.316. The third-order valence-corrected chi connectivity index (χ3v) is 3.94. The van der Waals surface area contributed by atoms with Crippen LogP contribution in [0.5, 0.6) is 5.75 Å². The Labute approximate surface area is 137 Å². The lowest BCUT2D eigenvalue weighted by Crippen LogP contribution is -2.32. The van der Waals surface area contributed by atoms with Crippen LogP contribution >= 0.6 is 0 Å². The van der Waals surface area contributed by atoms with Crippen molar-refractivity contribution in [1.29, 1.82) is 0 Å². The van der Waals surface area contributed by atoms with Gasteiger partial charge in [0.2, 0.25) is 0 Å². The van der Waals surface area contributed by atoms with Crippen LogP contribution in [-0.2, 0) is 4.79 Å². The van der Waals surface area contributed by atoms with Crippen LogP contribution in [-0.4, -0.2) is 24.7 Å². The molecule has 2 N–H and O–H groups in total. The highest BCUT2D eigenvalue weighted by molar-refractivity contribution is 5.82. The maximum absolute atomic E-state index is 12.2. The van der Waals surface area contributed by atoms with Crippen LogP contribution in [0.15, 0.2) is 54.6 Å². The summed E-state index contributed by atoms with van der Waals surface area (Å²) in [5, 5.41) is 13.0. The normalized spacial score (nSPS) is 13.2. The number of rotatable bonds is 7. The molecule has 122 valence electrons. The largest absolute Gasteiger partial charge is 0.497 e. The van der Waals surface area contributed by atoms with Gasteiger partial charge in [-0.25, -0.2) is 0 Å². The summed E-state index contributed by atoms with van der Waals surface area (Å²) >= 11 is 0. The molecule has 2 unspecified atom stereocenters. The van der Waals surface area contributed by atoms with Gasteiger partial charge in [0.15, 0.2) is 6.10 Å². The first-order chi connectivity index (χ1) is 11.2. The van der Waals surface area contributed by atoms with Gasteiger partial charge in [0, 0.05) is 12.5 Å². The van der Waals surface area contributed by atoms with Gasteiger partial charge in [-0.15, -0.1) is 0 Å². The van der Waals surface area contributed by atoms with Crippen molar-refractivity contribution >= 4 is 5.91 Å². The zero-order valence-corrected chi connectivity index (χ0v) is 13.5. The number of aliphatic hydroxyl groups excluding tert-OH is 1. The number of benzene rings is 2. The number of hydrogen-bond acceptors (Lipinski definition) is 3. The Morgan fingerprint density at radius 3 is 2.48 bits per heavy atom. The first kappa shape index (κ1) is 17.0. The van der Waals surface area contributed by atoms with E-state index in [2.05, 4.69) is 24.4 Å². The summed E-state index contributed by atoms with van der Waals surface area (Å²) in [4.78, 5) is 12.2. The summed E-state index contributed by atoms with van der Waals surface area (Å²) in [7, 11) is 1.55. The molecule has 0 saturated carbocycles. The predicted molar refractivity (Wildman–Crippen MR) is 90.4 cm³/mol. The van der Waals surface area contributed by atoms with Crippen LogP contribution in [0.25, 0.3) is 0 Å². The van der Waals surface area contributed by atoms with E-state index >= 15 is 0 Å². The minimum atomic E-state index is -1.20. The van der Waals surface area contributed by atoms with Crippen LogP contribution in [0.2, 0.25) is 0 Å². The first-order valence-electron chi connectivity index (χ1n) is 7.80. The third-order valence-electron chi connectivity index (χ3n) is 3.94. The van der Waals surface area contributed by atoms with Gasteiger partial charge in [0.25, 0.3) is 5.91 Å². The van der Waals surface area contributed by atoms with E-state index in [0.717, 1.165) is 6.42 Å². The number of ether oxygens (including phenoxy) is 1. The Morgan fingerprint density at radius 1 is 1.13 bits per heavy atom. The van der Waals surface area contributed by atoms with E-state index < -0.39 is 12.0 Å². The topological polar surface area (TPSA) is 58.6 Å². The highest BCUT2D eigenvalue weighted by Gasteiger charge is 2.19. The van der Waals surface area contributed by atoms with Gasteiger partial charge in [0.05, 0.1) is 7.11 Å². The Bertz CT molecular complexity index is 628. The average molecular weight is 313 g/mol. The summed E-state index contributed by atoms with van der Waals surface area (Å²) in [6.45, 7) is 2.59. The van der Waals surface area contributed by atoms with Crippen LogP contribution in [0.1, 0.15) is 36.5 Å². The van der Waals surface area contributed by atoms with E-state index in [0.29, 0.717) is 17.9 Å². The molecule has 0 saturated heterocycles. The van der Waals surface area contributed by atoms with Crippen LogP contribution < -0.4 is 10.1 Å². The first-order valence-corrected chi connectivity index (χ1v) is 7.80. The maximum atomic E-state index is 12.2. The quantitative estimate of drug-likeness (QED) is 0.826. The van der Waals surface area contributed by atoms with E-state index in [-0.39, 0.29) is 5.92 Å². The number of nitrogens with one attached hydrogen (secondary N) is 1. The van der Waals surface area contributed by atoms with Crippen LogP contribution in [0, 0.1) is 0 Å². The Balaban J connectivity index is 1.97. The van der Waals surface area contributed by atoms with Crippen molar-refractivity contribution < 1.29 is 14.6 Å². The van der Waals surface area contributed by atoms with E-state index in [4.69, 9.17) is 4.74 Å². The van der Waals surface area contributed by atoms with E-state index in [9.17, 15) is 9.90 Å². The van der Waals surface area contributed by atoms with Crippen molar-refractivity contribution in [3.8, 4) is 5.75 Å². The molecule has 2 aromatic carbocycles. The molecule has 4 heteroatoms. The molecule has 0 aromatic heterocycles. The van der Waals surface area contributed by atoms with Crippen LogP contribution in [0.4, 0.5) is 0 Å². The molecule has 0 bridgehead atoms. The molecule has 2 aromatic rings. The Kier molecular flexibility index (Phi) is 6.18. The van der Waals surface area contributed by atoms with Crippen molar-refractivity contribution in [2.75, 3.05) is 13.7 Å². The highest BCUT2D eigenvalue weighted by atomic mass is 16.5. The number of carbonyl (C=O) groups excluding carboxylic acids is 1. The fourth-order valence-electron chi connectivity index (χ4n) is 2.51. The van der Waals surface area contributed by atoms with E-state index in [1.165, 1.54) is 5.56 Å². The van der Waals surface area contributed by atoms with Crippen molar-refractivity contribution in [2.24, 2.45) is 0 Å². The minimum absolute atomic E-state index is 0.234. The van der Waals surface area contributed by atoms with Gasteiger partial charge >= 0.3 is 0 Å². The van der Waals surface area contributed by atoms with E-state index in [1.54, 1.807) is 31.4 Å². The predicted octanol–water partition coefficient (Wildman–Crippen LogP) is 3.04. The number of amides is 1. The van der Waals surface area contributed by atoms with Crippen molar-refractivity contribution in [3.63, 3.8) is 0 Å². The minimum Gasteiger partial charge on any atom is -0.497 e. The van der Waals surface area contributed by atoms with Crippen molar-refractivity contribution in [2.45, 2.75) is 25.4 Å². The van der Waals surface area contributed by atoms with Gasteiger partial charge in [-0.2, -0.15) is 0 Å². The maximum Gasteiger partial charge on any atom is 0.253 e. The number of hydrogen-bond donors (Lipinski definition) is 2. The summed E-state index contributed by atoms with van der Waals surface area (Å²) in [5.74, 6) is 0.454. The van der Waals surface area contributed by atoms with Crippen molar-refractivity contribution in [1.82, 2.24) is 5.32 Å². The monoisotopic (exact) mass is 313 g/mol. The molecule has 0 aliphatic carbocycles. The molecule has 1 amide bonds. The molecule has 0 fully saturated rings. The summed E-state index contributed by atoms with van der Waals surface area (Å²) in [5.41, 5.74) is 1.71. The SMILES string of the molecule is CCC(CNC(=O)C(O)c1cccc(OC)c1)c1ccccc1. The molecule has 4 nitrogen and oxygen atoms in total. The molecule has 0 spiro atoms. The molecule has 0 aliphatic heterocycles. The zero-order valence-electron chi connectivity index (χ0n) is 13.5. The summed E-state index contributed by atoms with van der Waals surface area (Å²) in [6.07, 6.45) is -0.280. The lowest BCUT2D eigenvalue weighted by molar-refractivity contribution is -0.129. The second kappa shape index (κ2) is 8.34.